The number of Topliss-reactive ketones (excluding diaryl/α,β-unsaturated/α-hetero) is 2. The van der Waals surface area contributed by atoms with Crippen molar-refractivity contribution in [3.05, 3.63) is 0 Å². The van der Waals surface area contributed by atoms with Crippen LogP contribution < -0.4 is 0 Å². The zero-order chi connectivity index (χ0) is 16.9. The van der Waals surface area contributed by atoms with E-state index in [2.05, 4.69) is 13.8 Å². The van der Waals surface area contributed by atoms with Crippen LogP contribution in [-0.4, -0.2) is 23.3 Å². The Morgan fingerprint density at radius 1 is 1.12 bits per heavy atom. The molecule has 0 radical (unpaired) electrons. The summed E-state index contributed by atoms with van der Waals surface area (Å²) in [5.74, 6) is 3.50. The Morgan fingerprint density at radius 3 is 2.67 bits per heavy atom. The van der Waals surface area contributed by atoms with Gasteiger partial charge in [0.25, 0.3) is 0 Å². The average Bonchev–Trinajstić information content (AvgIpc) is 3.21. The fourth-order valence-corrected chi connectivity index (χ4v) is 8.11. The van der Waals surface area contributed by atoms with E-state index in [0.29, 0.717) is 23.0 Å². The maximum atomic E-state index is 12.4. The lowest BCUT2D eigenvalue weighted by molar-refractivity contribution is -0.151. The Hall–Kier alpha value is -0.700. The van der Waals surface area contributed by atoms with E-state index in [-0.39, 0.29) is 17.3 Å². The summed E-state index contributed by atoms with van der Waals surface area (Å²) in [6.45, 7) is 6.57. The number of epoxide rings is 1. The van der Waals surface area contributed by atoms with Crippen LogP contribution in [-0.2, 0) is 14.3 Å². The first-order chi connectivity index (χ1) is 11.3. The molecule has 0 aromatic heterocycles. The van der Waals surface area contributed by atoms with Gasteiger partial charge in [-0.1, -0.05) is 13.8 Å². The van der Waals surface area contributed by atoms with Crippen LogP contribution in [0.4, 0.5) is 0 Å². The van der Waals surface area contributed by atoms with Crippen molar-refractivity contribution in [1.29, 1.82) is 0 Å². The van der Waals surface area contributed by atoms with Gasteiger partial charge >= 0.3 is 0 Å². The van der Waals surface area contributed by atoms with E-state index >= 15 is 0 Å². The van der Waals surface area contributed by atoms with Gasteiger partial charge in [-0.3, -0.25) is 9.59 Å². The molecular weight excluding hydrogens is 300 g/mol. The fourth-order valence-electron chi connectivity index (χ4n) is 8.11. The monoisotopic (exact) mass is 330 g/mol. The number of carbonyl (C=O) groups is 2. The van der Waals surface area contributed by atoms with Crippen LogP contribution in [0.15, 0.2) is 0 Å². The number of rotatable bonds is 1. The molecule has 0 aromatic rings. The predicted octanol–water partition coefficient (Wildman–Crippen LogP) is 3.93. The highest BCUT2D eigenvalue weighted by molar-refractivity contribution is 5.90. The molecule has 0 aromatic carbocycles. The highest BCUT2D eigenvalue weighted by atomic mass is 16.6. The topological polar surface area (TPSA) is 46.7 Å². The third-order valence-electron chi connectivity index (χ3n) is 9.44. The minimum absolute atomic E-state index is 0.0539. The SMILES string of the molecule is CC(=O)[C@@]12O[C@@H]1C[C@@H]1[C@@H]3CC[C@H]4CC(=O)CC[C@]4(C)[C@@H]3CC[C@@]12C. The molecule has 3 heteroatoms. The van der Waals surface area contributed by atoms with E-state index in [4.69, 9.17) is 4.74 Å². The van der Waals surface area contributed by atoms with Gasteiger partial charge in [0.1, 0.15) is 5.78 Å². The van der Waals surface area contributed by atoms with Gasteiger partial charge in [-0.2, -0.15) is 0 Å². The van der Waals surface area contributed by atoms with E-state index in [9.17, 15) is 9.59 Å². The van der Waals surface area contributed by atoms with Crippen molar-refractivity contribution in [2.24, 2.45) is 34.5 Å². The molecule has 4 aliphatic carbocycles. The van der Waals surface area contributed by atoms with Gasteiger partial charge in [0.15, 0.2) is 11.4 Å². The molecule has 0 amide bonds. The second kappa shape index (κ2) is 4.52. The minimum Gasteiger partial charge on any atom is -0.357 e. The molecular formula is C21H30O3. The Morgan fingerprint density at radius 2 is 1.92 bits per heavy atom. The van der Waals surface area contributed by atoms with Gasteiger partial charge in [-0.15, -0.1) is 0 Å². The lowest BCUT2D eigenvalue weighted by atomic mass is 9.44. The number of ketones is 2. The van der Waals surface area contributed by atoms with Crippen LogP contribution in [0.2, 0.25) is 0 Å². The second-order valence-corrected chi connectivity index (χ2v) is 9.99. The normalized spacial score (nSPS) is 58.3. The van der Waals surface area contributed by atoms with E-state index in [1.807, 2.05) is 0 Å². The number of carbonyl (C=O) groups excluding carboxylic acids is 2. The summed E-state index contributed by atoms with van der Waals surface area (Å²) in [7, 11) is 0. The summed E-state index contributed by atoms with van der Waals surface area (Å²) in [6.07, 6.45) is 8.84. The van der Waals surface area contributed by atoms with Crippen LogP contribution in [0.5, 0.6) is 0 Å². The van der Waals surface area contributed by atoms with Gasteiger partial charge in [-0.05, 0) is 74.5 Å². The summed E-state index contributed by atoms with van der Waals surface area (Å²) >= 11 is 0. The molecule has 5 rings (SSSR count). The molecule has 132 valence electrons. The number of ether oxygens (including phenoxy) is 1. The van der Waals surface area contributed by atoms with E-state index < -0.39 is 5.60 Å². The van der Waals surface area contributed by atoms with Gasteiger partial charge in [0, 0.05) is 18.3 Å². The third-order valence-corrected chi connectivity index (χ3v) is 9.44. The smallest absolute Gasteiger partial charge is 0.164 e. The molecule has 1 saturated heterocycles. The highest BCUT2D eigenvalue weighted by Gasteiger charge is 2.79. The molecule has 5 fully saturated rings. The molecule has 0 spiro atoms. The number of hydrogen-bond acceptors (Lipinski definition) is 3. The standard InChI is InChI=1S/C21H30O3/c1-12(22)21-18(24-21)11-17-15-5-4-13-10-14(23)6-8-19(13,2)16(15)7-9-20(17,21)3/h13,15-18H,4-11H2,1-3H3/t13-,15+,16+,17+,18+,19-,20-,21+/m0/s1. The predicted molar refractivity (Wildman–Crippen MR) is 90.4 cm³/mol. The molecule has 3 nitrogen and oxygen atoms in total. The lowest BCUT2D eigenvalue weighted by Crippen LogP contribution is -2.56. The van der Waals surface area contributed by atoms with Gasteiger partial charge in [0.05, 0.1) is 6.10 Å². The molecule has 0 N–H and O–H groups in total. The largest absolute Gasteiger partial charge is 0.357 e. The molecule has 4 saturated carbocycles. The summed E-state index contributed by atoms with van der Waals surface area (Å²) in [5, 5.41) is 0. The summed E-state index contributed by atoms with van der Waals surface area (Å²) in [4.78, 5) is 24.4. The minimum atomic E-state index is -0.442. The van der Waals surface area contributed by atoms with E-state index in [0.717, 1.165) is 43.9 Å². The highest BCUT2D eigenvalue weighted by Crippen LogP contribution is 2.73. The first kappa shape index (κ1) is 15.5. The number of fused-ring (bicyclic) bond motifs is 7. The van der Waals surface area contributed by atoms with Gasteiger partial charge < -0.3 is 4.74 Å². The number of hydrogen-bond donors (Lipinski definition) is 0. The van der Waals surface area contributed by atoms with Crippen molar-refractivity contribution in [2.75, 3.05) is 0 Å². The first-order valence-corrected chi connectivity index (χ1v) is 10.0. The molecule has 1 aliphatic heterocycles. The van der Waals surface area contributed by atoms with Crippen molar-refractivity contribution in [1.82, 2.24) is 0 Å². The van der Waals surface area contributed by atoms with Crippen molar-refractivity contribution >= 4 is 11.6 Å². The Balaban J connectivity index is 1.48. The average molecular weight is 330 g/mol. The van der Waals surface area contributed by atoms with Gasteiger partial charge in [-0.25, -0.2) is 0 Å². The lowest BCUT2D eigenvalue weighted by Gasteiger charge is -2.60. The zero-order valence-corrected chi connectivity index (χ0v) is 15.3. The fraction of sp³-hybridized carbons (Fsp3) is 0.905. The van der Waals surface area contributed by atoms with Crippen molar-refractivity contribution in [2.45, 2.75) is 83.8 Å². The molecule has 24 heavy (non-hydrogen) atoms. The summed E-state index contributed by atoms with van der Waals surface area (Å²) < 4.78 is 6.01. The molecule has 0 bridgehead atoms. The van der Waals surface area contributed by atoms with Crippen LogP contribution in [0, 0.1) is 34.5 Å². The Bertz CT molecular complexity index is 627. The van der Waals surface area contributed by atoms with Crippen LogP contribution in [0.1, 0.15) is 72.1 Å². The van der Waals surface area contributed by atoms with Crippen molar-refractivity contribution in [3.8, 4) is 0 Å². The van der Waals surface area contributed by atoms with Crippen LogP contribution >= 0.6 is 0 Å². The van der Waals surface area contributed by atoms with E-state index in [1.54, 1.807) is 6.92 Å². The van der Waals surface area contributed by atoms with Crippen LogP contribution in [0.25, 0.3) is 0 Å². The Labute approximate surface area is 144 Å². The maximum absolute atomic E-state index is 12.4. The molecule has 1 heterocycles. The quantitative estimate of drug-likeness (QED) is 0.684. The van der Waals surface area contributed by atoms with Crippen molar-refractivity contribution < 1.29 is 14.3 Å². The molecule has 8 atom stereocenters. The van der Waals surface area contributed by atoms with Crippen molar-refractivity contribution in [3.63, 3.8) is 0 Å². The maximum Gasteiger partial charge on any atom is 0.164 e. The second-order valence-electron chi connectivity index (χ2n) is 9.99. The molecule has 5 aliphatic rings. The van der Waals surface area contributed by atoms with E-state index in [1.165, 1.54) is 19.3 Å². The first-order valence-electron chi connectivity index (χ1n) is 10.0. The summed E-state index contributed by atoms with van der Waals surface area (Å²) in [5.41, 5.74) is -0.0313. The zero-order valence-electron chi connectivity index (χ0n) is 15.3. The van der Waals surface area contributed by atoms with Crippen LogP contribution in [0.3, 0.4) is 0 Å². The molecule has 0 unspecified atom stereocenters. The Kier molecular flexibility index (Phi) is 2.93. The summed E-state index contributed by atoms with van der Waals surface area (Å²) in [6, 6.07) is 0. The third kappa shape index (κ3) is 1.59. The van der Waals surface area contributed by atoms with Gasteiger partial charge in [0.2, 0.25) is 0 Å².